The normalized spacial score (nSPS) is 16.4. The topological polar surface area (TPSA) is 53.6 Å². The molecule has 0 unspecified atom stereocenters. The second-order valence-electron chi connectivity index (χ2n) is 6.99. The Morgan fingerprint density at radius 1 is 1.25 bits per heavy atom. The summed E-state index contributed by atoms with van der Waals surface area (Å²) in [6.45, 7) is 8.09. The molecule has 1 aromatic carbocycles. The summed E-state index contributed by atoms with van der Waals surface area (Å²) in [5.74, 6) is 0.480. The third-order valence-electron chi connectivity index (χ3n) is 4.73. The van der Waals surface area contributed by atoms with Gasteiger partial charge in [-0.2, -0.15) is 0 Å². The van der Waals surface area contributed by atoms with Crippen molar-refractivity contribution >= 4 is 5.96 Å². The van der Waals surface area contributed by atoms with Gasteiger partial charge in [0.05, 0.1) is 6.54 Å². The highest BCUT2D eigenvalue weighted by Crippen LogP contribution is 2.23. The molecule has 1 saturated carbocycles. The lowest BCUT2D eigenvalue weighted by molar-refractivity contribution is 0.184. The number of nitrogens with two attached hydrogens (primary N) is 1. The van der Waals surface area contributed by atoms with E-state index in [-0.39, 0.29) is 0 Å². The molecule has 0 aromatic heterocycles. The third kappa shape index (κ3) is 6.00. The van der Waals surface area contributed by atoms with Crippen LogP contribution in [-0.4, -0.2) is 30.5 Å². The third-order valence-corrected chi connectivity index (χ3v) is 4.73. The Bertz CT molecular complexity index is 559. The molecule has 0 aliphatic heterocycles. The first-order valence-electron chi connectivity index (χ1n) is 9.01. The largest absolute Gasteiger partial charge is 0.370 e. The maximum absolute atomic E-state index is 5.93. The second kappa shape index (κ2) is 9.48. The van der Waals surface area contributed by atoms with Crippen LogP contribution in [0.15, 0.2) is 41.4 Å². The lowest BCUT2D eigenvalue weighted by Gasteiger charge is -2.31. The number of aliphatic imine (C=N–C) groups is 1. The molecule has 1 fully saturated rings. The van der Waals surface area contributed by atoms with Gasteiger partial charge in [-0.25, -0.2) is 4.99 Å². The molecule has 0 amide bonds. The van der Waals surface area contributed by atoms with Crippen molar-refractivity contribution in [3.63, 3.8) is 0 Å². The molecule has 0 heterocycles. The molecular formula is C20H32N4. The summed E-state index contributed by atoms with van der Waals surface area (Å²) in [4.78, 5) is 6.97. The van der Waals surface area contributed by atoms with E-state index < -0.39 is 0 Å². The maximum atomic E-state index is 5.93. The van der Waals surface area contributed by atoms with Crippen molar-refractivity contribution in [2.75, 3.05) is 13.6 Å². The van der Waals surface area contributed by atoms with Crippen LogP contribution in [0.2, 0.25) is 0 Å². The lowest BCUT2D eigenvalue weighted by Crippen LogP contribution is -2.33. The van der Waals surface area contributed by atoms with Gasteiger partial charge in [0, 0.05) is 19.1 Å². The number of rotatable bonds is 7. The first-order chi connectivity index (χ1) is 11.6. The SMILES string of the molecule is C=C(C)CNC(N)=NCc1ccccc1CN(C)C1CCCCC1. The second-order valence-corrected chi connectivity index (χ2v) is 6.99. The van der Waals surface area contributed by atoms with Crippen LogP contribution >= 0.6 is 0 Å². The van der Waals surface area contributed by atoms with Crippen LogP contribution in [-0.2, 0) is 13.1 Å². The summed E-state index contributed by atoms with van der Waals surface area (Å²) < 4.78 is 0. The molecule has 4 nitrogen and oxygen atoms in total. The summed E-state index contributed by atoms with van der Waals surface area (Å²) >= 11 is 0. The van der Waals surface area contributed by atoms with Gasteiger partial charge in [-0.15, -0.1) is 0 Å². The van der Waals surface area contributed by atoms with Gasteiger partial charge in [0.15, 0.2) is 5.96 Å². The Hall–Kier alpha value is -1.81. The molecule has 3 N–H and O–H groups in total. The highest BCUT2D eigenvalue weighted by molar-refractivity contribution is 5.78. The molecule has 1 aliphatic carbocycles. The average molecular weight is 329 g/mol. The zero-order valence-corrected chi connectivity index (χ0v) is 15.2. The van der Waals surface area contributed by atoms with E-state index in [9.17, 15) is 0 Å². The van der Waals surface area contributed by atoms with Crippen LogP contribution in [0.5, 0.6) is 0 Å². The van der Waals surface area contributed by atoms with E-state index >= 15 is 0 Å². The first kappa shape index (κ1) is 18.5. The van der Waals surface area contributed by atoms with Crippen LogP contribution in [0.1, 0.15) is 50.2 Å². The maximum Gasteiger partial charge on any atom is 0.189 e. The molecule has 0 atom stereocenters. The van der Waals surface area contributed by atoms with Gasteiger partial charge < -0.3 is 11.1 Å². The molecule has 4 heteroatoms. The van der Waals surface area contributed by atoms with E-state index in [0.717, 1.165) is 18.2 Å². The van der Waals surface area contributed by atoms with E-state index in [0.29, 0.717) is 19.0 Å². The number of guanidine groups is 1. The van der Waals surface area contributed by atoms with Crippen molar-refractivity contribution in [2.24, 2.45) is 10.7 Å². The van der Waals surface area contributed by atoms with E-state index in [1.807, 2.05) is 6.92 Å². The quantitative estimate of drug-likeness (QED) is 0.458. The van der Waals surface area contributed by atoms with E-state index in [4.69, 9.17) is 5.73 Å². The monoisotopic (exact) mass is 328 g/mol. The van der Waals surface area contributed by atoms with Gasteiger partial charge in [0.25, 0.3) is 0 Å². The number of hydrogen-bond acceptors (Lipinski definition) is 2. The average Bonchev–Trinajstić information content (AvgIpc) is 2.60. The minimum absolute atomic E-state index is 0.480. The van der Waals surface area contributed by atoms with E-state index in [1.54, 1.807) is 0 Å². The molecule has 1 aliphatic rings. The van der Waals surface area contributed by atoms with Crippen LogP contribution < -0.4 is 11.1 Å². The fourth-order valence-electron chi connectivity index (χ4n) is 3.25. The van der Waals surface area contributed by atoms with E-state index in [2.05, 4.69) is 53.1 Å². The van der Waals surface area contributed by atoms with Crippen molar-refractivity contribution in [2.45, 2.75) is 58.2 Å². The van der Waals surface area contributed by atoms with Crippen LogP contribution in [0.3, 0.4) is 0 Å². The summed E-state index contributed by atoms with van der Waals surface area (Å²) in [5, 5.41) is 3.08. The van der Waals surface area contributed by atoms with Gasteiger partial charge >= 0.3 is 0 Å². The lowest BCUT2D eigenvalue weighted by atomic mass is 9.94. The van der Waals surface area contributed by atoms with E-state index in [1.165, 1.54) is 43.2 Å². The smallest absolute Gasteiger partial charge is 0.189 e. The Labute approximate surface area is 146 Å². The minimum Gasteiger partial charge on any atom is -0.370 e. The summed E-state index contributed by atoms with van der Waals surface area (Å²) in [6.07, 6.45) is 6.78. The fourth-order valence-corrected chi connectivity index (χ4v) is 3.25. The van der Waals surface area contributed by atoms with Gasteiger partial charge in [-0.05, 0) is 37.9 Å². The standard InChI is InChI=1S/C20H32N4/c1-16(2)13-22-20(21)23-14-17-9-7-8-10-18(17)15-24(3)19-11-5-4-6-12-19/h7-10,19H,1,4-6,11-15H2,2-3H3,(H3,21,22,23). The highest BCUT2D eigenvalue weighted by atomic mass is 15.1. The predicted molar refractivity (Wildman–Crippen MR) is 103 cm³/mol. The summed E-state index contributed by atoms with van der Waals surface area (Å²) in [6, 6.07) is 9.27. The van der Waals surface area contributed by atoms with Crippen molar-refractivity contribution in [1.29, 1.82) is 0 Å². The molecule has 0 bridgehead atoms. The molecule has 132 valence electrons. The molecule has 0 radical (unpaired) electrons. The number of benzene rings is 1. The number of hydrogen-bond donors (Lipinski definition) is 2. The molecule has 1 aromatic rings. The number of nitrogens with one attached hydrogen (secondary N) is 1. The van der Waals surface area contributed by atoms with Crippen molar-refractivity contribution in [3.8, 4) is 0 Å². The van der Waals surface area contributed by atoms with Crippen molar-refractivity contribution in [3.05, 3.63) is 47.5 Å². The highest BCUT2D eigenvalue weighted by Gasteiger charge is 2.18. The molecule has 24 heavy (non-hydrogen) atoms. The Balaban J connectivity index is 1.96. The summed E-state index contributed by atoms with van der Waals surface area (Å²) in [5.41, 5.74) is 9.57. The molecule has 2 rings (SSSR count). The van der Waals surface area contributed by atoms with Gasteiger partial charge in [-0.1, -0.05) is 55.7 Å². The first-order valence-corrected chi connectivity index (χ1v) is 9.01. The van der Waals surface area contributed by atoms with Crippen LogP contribution in [0.4, 0.5) is 0 Å². The van der Waals surface area contributed by atoms with Gasteiger partial charge in [0.2, 0.25) is 0 Å². The predicted octanol–water partition coefficient (Wildman–Crippen LogP) is 3.43. The zero-order valence-electron chi connectivity index (χ0n) is 15.2. The van der Waals surface area contributed by atoms with Crippen molar-refractivity contribution < 1.29 is 0 Å². The van der Waals surface area contributed by atoms with Gasteiger partial charge in [-0.3, -0.25) is 4.90 Å². The number of nitrogens with zero attached hydrogens (tertiary/aromatic N) is 2. The molecular weight excluding hydrogens is 296 g/mol. The zero-order chi connectivity index (χ0) is 17.4. The van der Waals surface area contributed by atoms with Crippen LogP contribution in [0, 0.1) is 0 Å². The van der Waals surface area contributed by atoms with Gasteiger partial charge in [0.1, 0.15) is 0 Å². The molecule has 0 spiro atoms. The summed E-state index contributed by atoms with van der Waals surface area (Å²) in [7, 11) is 2.25. The Morgan fingerprint density at radius 2 is 1.92 bits per heavy atom. The van der Waals surface area contributed by atoms with Crippen molar-refractivity contribution in [1.82, 2.24) is 10.2 Å². The molecule has 0 saturated heterocycles. The fraction of sp³-hybridized carbons (Fsp3) is 0.550. The minimum atomic E-state index is 0.480. The van der Waals surface area contributed by atoms with Crippen LogP contribution in [0.25, 0.3) is 0 Å². The Morgan fingerprint density at radius 3 is 2.58 bits per heavy atom. The Kier molecular flexibility index (Phi) is 7.32.